The molecule has 2 amide bonds. The summed E-state index contributed by atoms with van der Waals surface area (Å²) in [5.74, 6) is 0.468. The lowest BCUT2D eigenvalue weighted by Crippen LogP contribution is -2.41. The number of aromatic nitrogens is 2. The molecule has 0 atom stereocenters. The lowest BCUT2D eigenvalue weighted by Gasteiger charge is -2.34. The Morgan fingerprint density at radius 3 is 2.53 bits per heavy atom. The van der Waals surface area contributed by atoms with Gasteiger partial charge in [0.2, 0.25) is 0 Å². The summed E-state index contributed by atoms with van der Waals surface area (Å²) in [6.45, 7) is 13.6. The highest BCUT2D eigenvalue weighted by Gasteiger charge is 2.32. The van der Waals surface area contributed by atoms with Gasteiger partial charge in [0.15, 0.2) is 0 Å². The summed E-state index contributed by atoms with van der Waals surface area (Å²) in [7, 11) is 0. The Labute approximate surface area is 207 Å². The molecule has 1 aliphatic heterocycles. The Kier molecular flexibility index (Phi) is 8.29. The molecule has 1 aromatic heterocycles. The Balaban J connectivity index is 1.88. The zero-order valence-corrected chi connectivity index (χ0v) is 21.9. The van der Waals surface area contributed by atoms with Crippen LogP contribution in [0.4, 0.5) is 4.79 Å². The Morgan fingerprint density at radius 2 is 1.91 bits per heavy atom. The molecule has 1 saturated heterocycles. The van der Waals surface area contributed by atoms with E-state index in [-0.39, 0.29) is 17.9 Å². The van der Waals surface area contributed by atoms with Crippen LogP contribution in [0.1, 0.15) is 81.4 Å². The highest BCUT2D eigenvalue weighted by Crippen LogP contribution is 2.34. The number of ether oxygens (including phenoxy) is 1. The van der Waals surface area contributed by atoms with Crippen LogP contribution in [-0.2, 0) is 4.74 Å². The smallest absolute Gasteiger partial charge is 0.410 e. The second-order valence-corrected chi connectivity index (χ2v) is 10.8. The van der Waals surface area contributed by atoms with E-state index in [0.29, 0.717) is 36.1 Å². The minimum atomic E-state index is -0.530. The molecule has 0 aliphatic carbocycles. The van der Waals surface area contributed by atoms with Gasteiger partial charge in [-0.1, -0.05) is 31.5 Å². The third kappa shape index (κ3) is 6.32. The Bertz CT molecular complexity index is 1020. The van der Waals surface area contributed by atoms with E-state index in [2.05, 4.69) is 24.3 Å². The van der Waals surface area contributed by atoms with Crippen LogP contribution in [0, 0.1) is 12.8 Å². The molecule has 8 heteroatoms. The maximum atomic E-state index is 13.1. The van der Waals surface area contributed by atoms with Crippen molar-refractivity contribution in [2.75, 3.05) is 19.6 Å². The van der Waals surface area contributed by atoms with Gasteiger partial charge >= 0.3 is 6.09 Å². The van der Waals surface area contributed by atoms with E-state index >= 15 is 0 Å². The number of hydrogen-bond acceptors (Lipinski definition) is 4. The molecule has 1 N–H and O–H groups in total. The number of likely N-dealkylation sites (tertiary alicyclic amines) is 1. The molecule has 0 radical (unpaired) electrons. The average molecular weight is 489 g/mol. The van der Waals surface area contributed by atoms with Gasteiger partial charge in [0, 0.05) is 30.6 Å². The van der Waals surface area contributed by atoms with Crippen LogP contribution in [0.3, 0.4) is 0 Å². The van der Waals surface area contributed by atoms with E-state index in [1.165, 1.54) is 0 Å². The van der Waals surface area contributed by atoms with E-state index in [0.717, 1.165) is 36.2 Å². The summed E-state index contributed by atoms with van der Waals surface area (Å²) in [5, 5.41) is 8.33. The van der Waals surface area contributed by atoms with Crippen LogP contribution in [0.2, 0.25) is 5.02 Å². The fourth-order valence-corrected chi connectivity index (χ4v) is 4.34. The molecule has 7 nitrogen and oxygen atoms in total. The van der Waals surface area contributed by atoms with Gasteiger partial charge in [-0.25, -0.2) is 9.48 Å². The molecule has 1 fully saturated rings. The first-order valence-electron chi connectivity index (χ1n) is 12.1. The lowest BCUT2D eigenvalue weighted by atomic mass is 9.90. The second kappa shape index (κ2) is 10.8. The quantitative estimate of drug-likeness (QED) is 0.563. The number of nitrogens with one attached hydrogen (secondary N) is 1. The molecule has 0 saturated carbocycles. The zero-order chi connectivity index (χ0) is 25.0. The fraction of sp³-hybridized carbons (Fsp3) is 0.577. The van der Waals surface area contributed by atoms with Crippen LogP contribution in [-0.4, -0.2) is 51.9 Å². The third-order valence-electron chi connectivity index (χ3n) is 6.06. The Morgan fingerprint density at radius 1 is 1.24 bits per heavy atom. The highest BCUT2D eigenvalue weighted by atomic mass is 35.5. The van der Waals surface area contributed by atoms with Crippen LogP contribution < -0.4 is 5.32 Å². The van der Waals surface area contributed by atoms with E-state index < -0.39 is 5.60 Å². The average Bonchev–Trinajstić information content (AvgIpc) is 3.19. The van der Waals surface area contributed by atoms with Crippen molar-refractivity contribution in [2.45, 2.75) is 72.3 Å². The molecule has 1 aliphatic rings. The fourth-order valence-electron chi connectivity index (χ4n) is 4.17. The number of amides is 2. The van der Waals surface area contributed by atoms with Crippen LogP contribution in [0.5, 0.6) is 0 Å². The zero-order valence-electron chi connectivity index (χ0n) is 21.2. The molecular weight excluding hydrogens is 452 g/mol. The molecule has 0 spiro atoms. The van der Waals surface area contributed by atoms with Gasteiger partial charge in [-0.05, 0) is 70.6 Å². The predicted molar refractivity (Wildman–Crippen MR) is 135 cm³/mol. The summed E-state index contributed by atoms with van der Waals surface area (Å²) in [5.41, 5.74) is 2.69. The topological polar surface area (TPSA) is 76.5 Å². The van der Waals surface area contributed by atoms with Crippen molar-refractivity contribution in [3.8, 4) is 5.69 Å². The van der Waals surface area contributed by atoms with Gasteiger partial charge < -0.3 is 15.0 Å². The first-order chi connectivity index (χ1) is 16.0. The first-order valence-corrected chi connectivity index (χ1v) is 12.4. The van der Waals surface area contributed by atoms with Crippen molar-refractivity contribution in [3.63, 3.8) is 0 Å². The van der Waals surface area contributed by atoms with E-state index in [9.17, 15) is 9.59 Å². The largest absolute Gasteiger partial charge is 0.444 e. The van der Waals surface area contributed by atoms with Crippen molar-refractivity contribution in [2.24, 2.45) is 5.92 Å². The number of carbonyl (C=O) groups excluding carboxylic acids is 2. The normalized spacial score (nSPS) is 15.0. The molecule has 0 unspecified atom stereocenters. The highest BCUT2D eigenvalue weighted by molar-refractivity contribution is 6.31. The van der Waals surface area contributed by atoms with Gasteiger partial charge in [0.25, 0.3) is 5.91 Å². The van der Waals surface area contributed by atoms with Gasteiger partial charge in [0.05, 0.1) is 23.1 Å². The van der Waals surface area contributed by atoms with E-state index in [1.807, 2.05) is 50.6 Å². The van der Waals surface area contributed by atoms with Crippen molar-refractivity contribution < 1.29 is 14.3 Å². The number of halogens is 1. The van der Waals surface area contributed by atoms with Gasteiger partial charge in [-0.15, -0.1) is 0 Å². The number of benzene rings is 1. The minimum Gasteiger partial charge on any atom is -0.444 e. The van der Waals surface area contributed by atoms with E-state index in [1.54, 1.807) is 11.1 Å². The summed E-state index contributed by atoms with van der Waals surface area (Å²) >= 11 is 6.40. The number of nitrogens with zero attached hydrogens (tertiary/aromatic N) is 3. The van der Waals surface area contributed by atoms with Crippen LogP contribution >= 0.6 is 11.6 Å². The molecule has 186 valence electrons. The summed E-state index contributed by atoms with van der Waals surface area (Å²) in [6, 6.07) is 5.71. The monoisotopic (exact) mass is 488 g/mol. The molecule has 2 aromatic rings. The van der Waals surface area contributed by atoms with Gasteiger partial charge in [0.1, 0.15) is 5.60 Å². The standard InChI is InChI=1S/C26H37ClN4O3/c1-17(2)10-13-28-24(32)20-16-29-31(22-9-7-8-21(27)18(22)3)23(20)19-11-14-30(15-12-19)25(33)34-26(4,5)6/h7-9,16-17,19H,10-15H2,1-6H3,(H,28,32). The molecule has 2 heterocycles. The molecular formula is C26H37ClN4O3. The van der Waals surface area contributed by atoms with Crippen molar-refractivity contribution in [3.05, 3.63) is 46.2 Å². The lowest BCUT2D eigenvalue weighted by molar-refractivity contribution is 0.0203. The van der Waals surface area contributed by atoms with Gasteiger partial charge in [-0.3, -0.25) is 4.79 Å². The number of hydrogen-bond donors (Lipinski definition) is 1. The number of rotatable bonds is 6. The van der Waals surface area contributed by atoms with Crippen LogP contribution in [0.25, 0.3) is 5.69 Å². The molecule has 0 bridgehead atoms. The summed E-state index contributed by atoms with van der Waals surface area (Å²) in [4.78, 5) is 27.4. The minimum absolute atomic E-state index is 0.0745. The molecule has 1 aromatic carbocycles. The summed E-state index contributed by atoms with van der Waals surface area (Å²) < 4.78 is 7.39. The third-order valence-corrected chi connectivity index (χ3v) is 6.47. The first kappa shape index (κ1) is 26.1. The number of piperidine rings is 1. The maximum absolute atomic E-state index is 13.1. The second-order valence-electron chi connectivity index (χ2n) is 10.4. The van der Waals surface area contributed by atoms with Crippen LogP contribution in [0.15, 0.2) is 24.4 Å². The van der Waals surface area contributed by atoms with Crippen molar-refractivity contribution >= 4 is 23.6 Å². The summed E-state index contributed by atoms with van der Waals surface area (Å²) in [6.07, 6.45) is 3.71. The maximum Gasteiger partial charge on any atom is 0.410 e. The van der Waals surface area contributed by atoms with Crippen molar-refractivity contribution in [1.29, 1.82) is 0 Å². The molecule has 3 rings (SSSR count). The predicted octanol–water partition coefficient (Wildman–Crippen LogP) is 5.72. The van der Waals surface area contributed by atoms with Crippen molar-refractivity contribution in [1.82, 2.24) is 20.0 Å². The van der Waals surface area contributed by atoms with E-state index in [4.69, 9.17) is 16.3 Å². The Hall–Kier alpha value is -2.54. The SMILES string of the molecule is Cc1c(Cl)cccc1-n1ncc(C(=O)NCCC(C)C)c1C1CCN(C(=O)OC(C)(C)C)CC1. The van der Waals surface area contributed by atoms with Gasteiger partial charge in [-0.2, -0.15) is 5.10 Å². The molecule has 34 heavy (non-hydrogen) atoms. The number of carbonyl (C=O) groups is 2.